The molecule has 0 aliphatic carbocycles. The molecule has 4 aromatic rings. The van der Waals surface area contributed by atoms with Gasteiger partial charge in [0.2, 0.25) is 0 Å². The Labute approximate surface area is 204 Å². The number of carboxylic acids is 1. The van der Waals surface area contributed by atoms with Gasteiger partial charge in [-0.2, -0.15) is 18.3 Å². The first kappa shape index (κ1) is 24.8. The highest BCUT2D eigenvalue weighted by Crippen LogP contribution is 2.27. The number of halogens is 3. The van der Waals surface area contributed by atoms with Crippen LogP contribution in [-0.2, 0) is 4.79 Å². The predicted molar refractivity (Wildman–Crippen MR) is 124 cm³/mol. The number of aromatic nitrogens is 4. The average Bonchev–Trinajstić information content (AvgIpc) is 3.51. The minimum absolute atomic E-state index is 0.0798. The van der Waals surface area contributed by atoms with Crippen molar-refractivity contribution < 1.29 is 27.9 Å². The number of rotatable bonds is 3. The molecule has 186 valence electrons. The van der Waals surface area contributed by atoms with Gasteiger partial charge in [-0.05, 0) is 55.3 Å². The summed E-state index contributed by atoms with van der Waals surface area (Å²) >= 11 is 0. The molecule has 5 rings (SSSR count). The number of carbonyl (C=O) groups excluding carboxylic acids is 1. The zero-order chi connectivity index (χ0) is 25.9. The fourth-order valence-corrected chi connectivity index (χ4v) is 3.82. The van der Waals surface area contributed by atoms with E-state index in [1.165, 1.54) is 0 Å². The van der Waals surface area contributed by atoms with E-state index >= 15 is 0 Å². The first-order valence-electron chi connectivity index (χ1n) is 11.0. The van der Waals surface area contributed by atoms with Gasteiger partial charge in [0.25, 0.3) is 5.91 Å². The maximum Gasteiger partial charge on any atom is 0.490 e. The van der Waals surface area contributed by atoms with Crippen LogP contribution in [-0.4, -0.2) is 60.7 Å². The largest absolute Gasteiger partial charge is 0.490 e. The van der Waals surface area contributed by atoms with E-state index in [2.05, 4.69) is 4.98 Å². The van der Waals surface area contributed by atoms with E-state index in [4.69, 9.17) is 20.0 Å². The van der Waals surface area contributed by atoms with E-state index in [1.54, 1.807) is 12.4 Å². The van der Waals surface area contributed by atoms with Crippen LogP contribution in [0, 0.1) is 6.92 Å². The predicted octanol–water partition coefficient (Wildman–Crippen LogP) is 4.36. The summed E-state index contributed by atoms with van der Waals surface area (Å²) < 4.78 is 33.6. The van der Waals surface area contributed by atoms with Gasteiger partial charge < -0.3 is 10.0 Å². The van der Waals surface area contributed by atoms with Crippen molar-refractivity contribution in [3.05, 3.63) is 84.1 Å². The number of aliphatic carboxylic acids is 1. The molecule has 1 unspecified atom stereocenters. The molecule has 1 N–H and O–H groups in total. The number of pyridine rings is 2. The van der Waals surface area contributed by atoms with Crippen molar-refractivity contribution in [1.82, 2.24) is 24.5 Å². The number of hydrogen-bond acceptors (Lipinski definition) is 5. The van der Waals surface area contributed by atoms with Crippen molar-refractivity contribution in [2.24, 2.45) is 0 Å². The highest BCUT2D eigenvalue weighted by atomic mass is 19.4. The molecule has 0 spiro atoms. The molecular weight excluding hydrogens is 475 g/mol. The van der Waals surface area contributed by atoms with Crippen LogP contribution in [0.15, 0.2) is 67.1 Å². The molecule has 1 aromatic carbocycles. The third-order valence-electron chi connectivity index (χ3n) is 5.74. The van der Waals surface area contributed by atoms with Gasteiger partial charge in [0.05, 0.1) is 0 Å². The second-order valence-corrected chi connectivity index (χ2v) is 8.33. The van der Waals surface area contributed by atoms with Crippen molar-refractivity contribution in [2.45, 2.75) is 25.4 Å². The summed E-state index contributed by atoms with van der Waals surface area (Å²) in [5, 5.41) is 11.8. The molecular formula is C25H22F3N5O3. The molecule has 1 saturated heterocycles. The van der Waals surface area contributed by atoms with Crippen molar-refractivity contribution >= 4 is 17.5 Å². The Morgan fingerprint density at radius 2 is 1.67 bits per heavy atom. The van der Waals surface area contributed by atoms with Crippen molar-refractivity contribution in [1.29, 1.82) is 0 Å². The minimum atomic E-state index is -5.08. The summed E-state index contributed by atoms with van der Waals surface area (Å²) in [4.78, 5) is 32.4. The Morgan fingerprint density at radius 3 is 2.31 bits per heavy atom. The average molecular weight is 497 g/mol. The van der Waals surface area contributed by atoms with Crippen LogP contribution in [0.2, 0.25) is 0 Å². The van der Waals surface area contributed by atoms with Crippen LogP contribution in [0.4, 0.5) is 13.2 Å². The monoisotopic (exact) mass is 497 g/mol. The van der Waals surface area contributed by atoms with E-state index in [0.717, 1.165) is 46.7 Å². The number of likely N-dealkylation sites (tertiary alicyclic amines) is 1. The fourth-order valence-electron chi connectivity index (χ4n) is 3.82. The molecule has 8 nitrogen and oxygen atoms in total. The van der Waals surface area contributed by atoms with E-state index in [1.807, 2.05) is 71.1 Å². The summed E-state index contributed by atoms with van der Waals surface area (Å²) in [7, 11) is 0. The molecule has 0 radical (unpaired) electrons. The van der Waals surface area contributed by atoms with Gasteiger partial charge in [-0.15, -0.1) is 0 Å². The first-order chi connectivity index (χ1) is 17.1. The summed E-state index contributed by atoms with van der Waals surface area (Å²) in [6.07, 6.45) is 1.35. The number of aryl methyl sites for hydroxylation is 1. The van der Waals surface area contributed by atoms with Crippen LogP contribution >= 0.6 is 0 Å². The quantitative estimate of drug-likeness (QED) is 0.451. The summed E-state index contributed by atoms with van der Waals surface area (Å²) in [5.41, 5.74) is 4.87. The number of benzene rings is 1. The Kier molecular flexibility index (Phi) is 7.00. The number of nitrogens with zero attached hydrogens (tertiary/aromatic N) is 5. The lowest BCUT2D eigenvalue weighted by atomic mass is 10.1. The standard InChI is InChI=1S/C23H21N5O.C2HF3O2/c1-16-2-4-18(5-3-16)23(29)27-13-10-20(14-27)22-25-21-7-6-19(15-28(21)26-22)17-8-11-24-12-9-17;3-2(4,5)1(6)7/h2-9,11-12,15,20H,10,13-14H2,1H3;(H,6,7). The van der Waals surface area contributed by atoms with E-state index in [9.17, 15) is 18.0 Å². The van der Waals surface area contributed by atoms with Crippen LogP contribution < -0.4 is 0 Å². The van der Waals surface area contributed by atoms with Gasteiger partial charge in [0.15, 0.2) is 11.5 Å². The van der Waals surface area contributed by atoms with E-state index in [0.29, 0.717) is 6.54 Å². The lowest BCUT2D eigenvalue weighted by Gasteiger charge is -2.16. The molecule has 36 heavy (non-hydrogen) atoms. The SMILES string of the molecule is Cc1ccc(C(=O)N2CCC(c3nc4ccc(-c5ccncc5)cn4n3)C2)cc1.O=C(O)C(F)(F)F. The van der Waals surface area contributed by atoms with Crippen molar-refractivity contribution in [2.75, 3.05) is 13.1 Å². The maximum absolute atomic E-state index is 12.8. The second kappa shape index (κ2) is 10.1. The highest BCUT2D eigenvalue weighted by molar-refractivity contribution is 5.94. The first-order valence-corrected chi connectivity index (χ1v) is 11.0. The van der Waals surface area contributed by atoms with Gasteiger partial charge >= 0.3 is 12.1 Å². The summed E-state index contributed by atoms with van der Waals surface area (Å²) in [6.45, 7) is 3.41. The number of amides is 1. The second-order valence-electron chi connectivity index (χ2n) is 8.33. The van der Waals surface area contributed by atoms with Crippen molar-refractivity contribution in [3.63, 3.8) is 0 Å². The maximum atomic E-state index is 12.8. The van der Waals surface area contributed by atoms with E-state index in [-0.39, 0.29) is 11.8 Å². The number of carbonyl (C=O) groups is 2. The number of hydrogen-bond donors (Lipinski definition) is 1. The van der Waals surface area contributed by atoms with Crippen LogP contribution in [0.5, 0.6) is 0 Å². The zero-order valence-electron chi connectivity index (χ0n) is 19.2. The molecule has 1 atom stereocenters. The van der Waals surface area contributed by atoms with Crippen LogP contribution in [0.25, 0.3) is 16.8 Å². The van der Waals surface area contributed by atoms with Gasteiger partial charge in [0, 0.05) is 48.7 Å². The number of carboxylic acid groups (broad SMARTS) is 1. The lowest BCUT2D eigenvalue weighted by molar-refractivity contribution is -0.192. The highest BCUT2D eigenvalue weighted by Gasteiger charge is 2.38. The van der Waals surface area contributed by atoms with Gasteiger partial charge in [-0.3, -0.25) is 9.78 Å². The van der Waals surface area contributed by atoms with Gasteiger partial charge in [-0.1, -0.05) is 17.7 Å². The van der Waals surface area contributed by atoms with Gasteiger partial charge in [0.1, 0.15) is 0 Å². The summed E-state index contributed by atoms with van der Waals surface area (Å²) in [5.74, 6) is -1.71. The zero-order valence-corrected chi connectivity index (χ0v) is 19.2. The number of fused-ring (bicyclic) bond motifs is 1. The molecule has 4 heterocycles. The van der Waals surface area contributed by atoms with Crippen LogP contribution in [0.3, 0.4) is 0 Å². The molecule has 1 amide bonds. The molecule has 11 heteroatoms. The van der Waals surface area contributed by atoms with Crippen LogP contribution in [0.1, 0.15) is 34.1 Å². The third kappa shape index (κ3) is 5.68. The molecule has 0 saturated carbocycles. The molecule has 0 bridgehead atoms. The van der Waals surface area contributed by atoms with E-state index < -0.39 is 12.1 Å². The topological polar surface area (TPSA) is 101 Å². The molecule has 3 aromatic heterocycles. The molecule has 1 fully saturated rings. The number of alkyl halides is 3. The van der Waals surface area contributed by atoms with Crippen molar-refractivity contribution in [3.8, 4) is 11.1 Å². The summed E-state index contributed by atoms with van der Waals surface area (Å²) in [6, 6.07) is 15.7. The fraction of sp³-hybridized carbons (Fsp3) is 0.240. The Hall–Kier alpha value is -4.28. The normalized spacial score (nSPS) is 15.4. The Bertz CT molecular complexity index is 1370. The lowest BCUT2D eigenvalue weighted by Crippen LogP contribution is -2.28. The smallest absolute Gasteiger partial charge is 0.475 e. The Balaban J connectivity index is 0.000000384. The van der Waals surface area contributed by atoms with Gasteiger partial charge in [-0.25, -0.2) is 14.3 Å². The Morgan fingerprint density at radius 1 is 1.00 bits per heavy atom. The third-order valence-corrected chi connectivity index (χ3v) is 5.74. The molecule has 1 aliphatic heterocycles. The minimum Gasteiger partial charge on any atom is -0.475 e. The molecule has 1 aliphatic rings.